The Labute approximate surface area is 130 Å². The van der Waals surface area contributed by atoms with Crippen LogP contribution in [-0.4, -0.2) is 41.6 Å². The third-order valence-corrected chi connectivity index (χ3v) is 3.20. The highest BCUT2D eigenvalue weighted by Crippen LogP contribution is 2.12. The Morgan fingerprint density at radius 3 is 2.59 bits per heavy atom. The fraction of sp³-hybridized carbons (Fsp3) is 0.600. The van der Waals surface area contributed by atoms with Crippen LogP contribution in [0.3, 0.4) is 0 Å². The molecule has 7 nitrogen and oxygen atoms in total. The molecule has 0 fully saturated rings. The molecule has 0 saturated carbocycles. The maximum absolute atomic E-state index is 10.1. The van der Waals surface area contributed by atoms with Gasteiger partial charge in [0.15, 0.2) is 0 Å². The lowest BCUT2D eigenvalue weighted by Gasteiger charge is -2.27. The smallest absolute Gasteiger partial charge is 0.294 e. The monoisotopic (exact) mass is 312 g/mol. The predicted octanol–water partition coefficient (Wildman–Crippen LogP) is 1.70. The third-order valence-electron chi connectivity index (χ3n) is 3.20. The Morgan fingerprint density at radius 2 is 2.00 bits per heavy atom. The van der Waals surface area contributed by atoms with E-state index in [0.717, 1.165) is 5.56 Å². The van der Waals surface area contributed by atoms with Crippen LogP contribution in [0.5, 0.6) is 5.75 Å². The van der Waals surface area contributed by atoms with Crippen LogP contribution in [0.1, 0.15) is 25.8 Å². The van der Waals surface area contributed by atoms with Crippen LogP contribution >= 0.6 is 0 Å². The van der Waals surface area contributed by atoms with Crippen LogP contribution in [0.4, 0.5) is 0 Å². The minimum atomic E-state index is -0.805. The minimum absolute atomic E-state index is 0.0168. The number of ether oxygens (including phenoxy) is 1. The summed E-state index contributed by atoms with van der Waals surface area (Å²) in [6.07, 6.45) is -0.212. The van der Waals surface area contributed by atoms with Gasteiger partial charge < -0.3 is 20.0 Å². The first kappa shape index (κ1) is 18.2. The molecule has 0 saturated heterocycles. The van der Waals surface area contributed by atoms with E-state index in [2.05, 4.69) is 10.2 Å². The lowest BCUT2D eigenvalue weighted by Crippen LogP contribution is -2.45. The number of nitrogens with one attached hydrogen (secondary N) is 1. The van der Waals surface area contributed by atoms with Crippen molar-refractivity contribution in [3.8, 4) is 5.75 Å². The molecule has 124 valence electrons. The summed E-state index contributed by atoms with van der Waals surface area (Å²) in [6, 6.07) is 7.60. The Kier molecular flexibility index (Phi) is 7.07. The van der Waals surface area contributed by atoms with Crippen LogP contribution in [0, 0.1) is 17.0 Å². The molecule has 22 heavy (non-hydrogen) atoms. The molecule has 0 aliphatic rings. The van der Waals surface area contributed by atoms with Gasteiger partial charge in [-0.3, -0.25) is 0 Å². The lowest BCUT2D eigenvalue weighted by atomic mass is 10.0. The van der Waals surface area contributed by atoms with Gasteiger partial charge in [0.05, 0.1) is 6.61 Å². The number of β-amino-alcohol motifs (C(OH)–C–C–N with tert-alkyl or cyclic N) is 1. The second-order valence-corrected chi connectivity index (χ2v) is 5.85. The van der Waals surface area contributed by atoms with E-state index in [1.807, 2.05) is 45.0 Å². The number of nitrogens with zero attached hydrogens (tertiary/aromatic N) is 1. The van der Waals surface area contributed by atoms with Crippen molar-refractivity contribution in [1.82, 2.24) is 5.32 Å². The van der Waals surface area contributed by atoms with Crippen molar-refractivity contribution in [2.45, 2.75) is 38.8 Å². The van der Waals surface area contributed by atoms with Crippen LogP contribution in [0.15, 0.2) is 24.3 Å². The molecule has 0 aliphatic carbocycles. The van der Waals surface area contributed by atoms with Gasteiger partial charge in [0.25, 0.3) is 5.09 Å². The summed E-state index contributed by atoms with van der Waals surface area (Å²) in [6.45, 7) is 6.30. The van der Waals surface area contributed by atoms with Crippen molar-refractivity contribution < 1.29 is 19.8 Å². The Hall–Kier alpha value is -1.86. The van der Waals surface area contributed by atoms with E-state index in [1.165, 1.54) is 0 Å². The zero-order valence-electron chi connectivity index (χ0n) is 13.2. The standard InChI is InChI=1S/C15H24N2O5/c1-12-4-6-14(7-5-12)21-11-13(18)10-16-15(2,3)8-9-22-17(19)20/h4-7,13,16,18H,8-11H2,1-3H3. The quantitative estimate of drug-likeness (QED) is 0.504. The highest BCUT2D eigenvalue weighted by atomic mass is 16.9. The van der Waals surface area contributed by atoms with Gasteiger partial charge in [-0.25, -0.2) is 0 Å². The first-order valence-electron chi connectivity index (χ1n) is 7.18. The molecule has 7 heteroatoms. The molecule has 0 bridgehead atoms. The molecule has 1 aromatic carbocycles. The van der Waals surface area contributed by atoms with Crippen molar-refractivity contribution in [2.24, 2.45) is 0 Å². The zero-order valence-corrected chi connectivity index (χ0v) is 13.2. The summed E-state index contributed by atoms with van der Waals surface area (Å²) in [5.41, 5.74) is 0.772. The fourth-order valence-electron chi connectivity index (χ4n) is 1.74. The van der Waals surface area contributed by atoms with Crippen molar-refractivity contribution in [2.75, 3.05) is 19.8 Å². The summed E-state index contributed by atoms with van der Waals surface area (Å²) in [7, 11) is 0. The average molecular weight is 312 g/mol. The first-order chi connectivity index (χ1) is 10.3. The third kappa shape index (κ3) is 7.80. The molecule has 0 aromatic heterocycles. The molecule has 0 aliphatic heterocycles. The van der Waals surface area contributed by atoms with E-state index in [0.29, 0.717) is 18.7 Å². The highest BCUT2D eigenvalue weighted by Gasteiger charge is 2.19. The molecule has 0 amide bonds. The molecule has 1 atom stereocenters. The Bertz CT molecular complexity index is 462. The van der Waals surface area contributed by atoms with E-state index < -0.39 is 11.2 Å². The zero-order chi connectivity index (χ0) is 16.6. The van der Waals surface area contributed by atoms with Crippen LogP contribution in [0.2, 0.25) is 0 Å². The number of benzene rings is 1. The number of hydrogen-bond donors (Lipinski definition) is 2. The molecular weight excluding hydrogens is 288 g/mol. The first-order valence-corrected chi connectivity index (χ1v) is 7.18. The van der Waals surface area contributed by atoms with E-state index in [-0.39, 0.29) is 18.8 Å². The summed E-state index contributed by atoms with van der Waals surface area (Å²) in [4.78, 5) is 14.4. The molecule has 0 spiro atoms. The average Bonchev–Trinajstić information content (AvgIpc) is 2.44. The number of hydrogen-bond acceptors (Lipinski definition) is 6. The van der Waals surface area contributed by atoms with Crippen LogP contribution in [0.25, 0.3) is 0 Å². The molecule has 1 unspecified atom stereocenters. The van der Waals surface area contributed by atoms with Gasteiger partial charge in [-0.2, -0.15) is 0 Å². The summed E-state index contributed by atoms with van der Waals surface area (Å²) in [5.74, 6) is 0.711. The second kappa shape index (κ2) is 8.55. The molecule has 0 heterocycles. The number of aliphatic hydroxyl groups is 1. The highest BCUT2D eigenvalue weighted by molar-refractivity contribution is 5.26. The normalized spacial score (nSPS) is 12.7. The molecule has 0 radical (unpaired) electrons. The molecule has 1 rings (SSSR count). The topological polar surface area (TPSA) is 93.9 Å². The number of aryl methyl sites for hydroxylation is 1. The number of aliphatic hydroxyl groups excluding tert-OH is 1. The SMILES string of the molecule is Cc1ccc(OCC(O)CNC(C)(C)CCO[N+](=O)[O-])cc1. The Balaban J connectivity index is 2.25. The van der Waals surface area contributed by atoms with Gasteiger partial charge in [0.1, 0.15) is 18.5 Å². The van der Waals surface area contributed by atoms with Gasteiger partial charge in [0.2, 0.25) is 0 Å². The van der Waals surface area contributed by atoms with Crippen LogP contribution < -0.4 is 10.1 Å². The van der Waals surface area contributed by atoms with Crippen molar-refractivity contribution >= 4 is 0 Å². The van der Waals surface area contributed by atoms with E-state index in [4.69, 9.17) is 4.74 Å². The Morgan fingerprint density at radius 1 is 1.36 bits per heavy atom. The molecule has 1 aromatic rings. The summed E-state index contributed by atoms with van der Waals surface area (Å²) >= 11 is 0. The lowest BCUT2D eigenvalue weighted by molar-refractivity contribution is -0.758. The maximum atomic E-state index is 10.1. The fourth-order valence-corrected chi connectivity index (χ4v) is 1.74. The van der Waals surface area contributed by atoms with Crippen LogP contribution in [-0.2, 0) is 4.84 Å². The van der Waals surface area contributed by atoms with E-state index in [1.54, 1.807) is 0 Å². The van der Waals surface area contributed by atoms with Gasteiger partial charge in [0, 0.05) is 12.1 Å². The van der Waals surface area contributed by atoms with Gasteiger partial charge in [-0.15, -0.1) is 10.1 Å². The van der Waals surface area contributed by atoms with Gasteiger partial charge >= 0.3 is 0 Å². The largest absolute Gasteiger partial charge is 0.491 e. The summed E-state index contributed by atoms with van der Waals surface area (Å²) in [5, 5.41) is 22.4. The van der Waals surface area contributed by atoms with Gasteiger partial charge in [-0.05, 0) is 39.3 Å². The number of rotatable bonds is 10. The second-order valence-electron chi connectivity index (χ2n) is 5.85. The van der Waals surface area contributed by atoms with E-state index >= 15 is 0 Å². The molecule has 2 N–H and O–H groups in total. The van der Waals surface area contributed by atoms with Crippen molar-refractivity contribution in [3.05, 3.63) is 39.9 Å². The van der Waals surface area contributed by atoms with Crippen molar-refractivity contribution in [1.29, 1.82) is 0 Å². The van der Waals surface area contributed by atoms with Crippen molar-refractivity contribution in [3.63, 3.8) is 0 Å². The minimum Gasteiger partial charge on any atom is -0.491 e. The van der Waals surface area contributed by atoms with E-state index in [9.17, 15) is 15.2 Å². The van der Waals surface area contributed by atoms with Gasteiger partial charge in [-0.1, -0.05) is 17.7 Å². The maximum Gasteiger partial charge on any atom is 0.294 e. The summed E-state index contributed by atoms with van der Waals surface area (Å²) < 4.78 is 5.50. The predicted molar refractivity (Wildman–Crippen MR) is 82.3 cm³/mol. The molecular formula is C15H24N2O5.